The highest BCUT2D eigenvalue weighted by atomic mass is 35.5. The Morgan fingerprint density at radius 3 is 2.55 bits per heavy atom. The molecule has 2 amide bonds. The Kier molecular flexibility index (Phi) is 6.45. The Bertz CT molecular complexity index is 2100. The van der Waals surface area contributed by atoms with E-state index >= 15 is 4.79 Å². The highest BCUT2D eigenvalue weighted by molar-refractivity contribution is 7.17. The molecule has 0 bridgehead atoms. The first-order valence-electron chi connectivity index (χ1n) is 13.9. The van der Waals surface area contributed by atoms with E-state index < -0.39 is 28.8 Å². The predicted octanol–water partition coefficient (Wildman–Crippen LogP) is 6.15. The second kappa shape index (κ2) is 10.1. The summed E-state index contributed by atoms with van der Waals surface area (Å²) in [7, 11) is 0. The molecule has 0 saturated heterocycles. The van der Waals surface area contributed by atoms with E-state index in [1.165, 1.54) is 17.0 Å². The minimum Gasteiger partial charge on any atom is -0.462 e. The van der Waals surface area contributed by atoms with Gasteiger partial charge in [0, 0.05) is 10.6 Å². The third-order valence-corrected chi connectivity index (χ3v) is 9.34. The Morgan fingerprint density at radius 1 is 1.05 bits per heavy atom. The zero-order chi connectivity index (χ0) is 30.9. The SMILES string of the molecule is CCOC(=O)c1sc(N2C(=O)c3oc4ccc(Cl)cc4c(=O)c3C23C(=O)N(Cc2ccc(C)cc2)c2ccccc23)nc1C. The Morgan fingerprint density at radius 2 is 1.80 bits per heavy atom. The summed E-state index contributed by atoms with van der Waals surface area (Å²) in [6, 6.07) is 19.4. The van der Waals surface area contributed by atoms with Crippen molar-refractivity contribution in [3.05, 3.63) is 121 Å². The molecule has 1 unspecified atom stereocenters. The summed E-state index contributed by atoms with van der Waals surface area (Å²) < 4.78 is 11.3. The first kappa shape index (κ1) is 28.0. The van der Waals surface area contributed by atoms with E-state index in [4.69, 9.17) is 20.8 Å². The molecule has 4 heterocycles. The number of ether oxygens (including phenoxy) is 1. The van der Waals surface area contributed by atoms with Gasteiger partial charge in [0.2, 0.25) is 5.76 Å². The fourth-order valence-electron chi connectivity index (χ4n) is 6.03. The molecule has 44 heavy (non-hydrogen) atoms. The molecule has 0 aliphatic carbocycles. The van der Waals surface area contributed by atoms with Gasteiger partial charge in [0.1, 0.15) is 10.5 Å². The fraction of sp³-hybridized carbons (Fsp3) is 0.182. The molecule has 3 aromatic carbocycles. The van der Waals surface area contributed by atoms with Crippen LogP contribution in [-0.4, -0.2) is 29.4 Å². The zero-order valence-electron chi connectivity index (χ0n) is 23.8. The van der Waals surface area contributed by atoms with Gasteiger partial charge in [-0.3, -0.25) is 19.3 Å². The quantitative estimate of drug-likeness (QED) is 0.216. The van der Waals surface area contributed by atoms with Gasteiger partial charge in [0.05, 0.1) is 35.5 Å². The van der Waals surface area contributed by atoms with Crippen molar-refractivity contribution in [1.82, 2.24) is 4.98 Å². The number of benzene rings is 3. The number of halogens is 1. The van der Waals surface area contributed by atoms with Crippen LogP contribution in [0.1, 0.15) is 55.1 Å². The summed E-state index contributed by atoms with van der Waals surface area (Å²) in [4.78, 5) is 64.2. The summed E-state index contributed by atoms with van der Waals surface area (Å²) in [5.41, 5.74) is 0.733. The molecule has 9 nitrogen and oxygen atoms in total. The summed E-state index contributed by atoms with van der Waals surface area (Å²) in [5.74, 6) is -2.11. The van der Waals surface area contributed by atoms with E-state index in [-0.39, 0.29) is 45.5 Å². The van der Waals surface area contributed by atoms with E-state index in [0.717, 1.165) is 22.5 Å². The van der Waals surface area contributed by atoms with Gasteiger partial charge in [0.15, 0.2) is 16.1 Å². The van der Waals surface area contributed by atoms with Crippen LogP contribution in [-0.2, 0) is 21.6 Å². The maximum atomic E-state index is 15.0. The first-order chi connectivity index (χ1) is 21.2. The van der Waals surface area contributed by atoms with Crippen LogP contribution in [0.4, 0.5) is 10.8 Å². The third-order valence-electron chi connectivity index (χ3n) is 7.98. The molecule has 1 atom stereocenters. The summed E-state index contributed by atoms with van der Waals surface area (Å²) in [6.07, 6.45) is 0. The minimum atomic E-state index is -1.96. The van der Waals surface area contributed by atoms with E-state index in [0.29, 0.717) is 22.0 Å². The molecule has 11 heteroatoms. The number of amides is 2. The van der Waals surface area contributed by atoms with Crippen molar-refractivity contribution < 1.29 is 23.5 Å². The maximum Gasteiger partial charge on any atom is 0.350 e. The lowest BCUT2D eigenvalue weighted by Gasteiger charge is -2.32. The van der Waals surface area contributed by atoms with Crippen molar-refractivity contribution in [1.29, 1.82) is 0 Å². The van der Waals surface area contributed by atoms with Crippen LogP contribution in [0.15, 0.2) is 75.9 Å². The van der Waals surface area contributed by atoms with Gasteiger partial charge in [-0.05, 0) is 50.6 Å². The van der Waals surface area contributed by atoms with Crippen molar-refractivity contribution in [3.8, 4) is 0 Å². The fourth-order valence-corrected chi connectivity index (χ4v) is 7.22. The standard InChI is InChI=1S/C33H24ClN3O6S/c1-4-42-30(40)28-18(3)35-32(44-28)37-29(39)27-25(26(38)21-15-20(34)13-14-24(21)43-27)33(37)22-7-5-6-8-23(22)36(31(33)41)16-19-11-9-17(2)10-12-19/h5-15H,4,16H2,1-3H3. The Labute approximate surface area is 260 Å². The topological polar surface area (TPSA) is 110 Å². The van der Waals surface area contributed by atoms with Gasteiger partial charge in [-0.2, -0.15) is 0 Å². The highest BCUT2D eigenvalue weighted by Gasteiger charge is 2.66. The maximum absolute atomic E-state index is 15.0. The van der Waals surface area contributed by atoms with E-state index in [2.05, 4.69) is 4.98 Å². The Balaban J connectivity index is 1.53. The van der Waals surface area contributed by atoms with Crippen molar-refractivity contribution in [3.63, 3.8) is 0 Å². The minimum absolute atomic E-state index is 0.0591. The van der Waals surface area contributed by atoms with Gasteiger partial charge in [-0.15, -0.1) is 0 Å². The molecule has 2 aromatic heterocycles. The lowest BCUT2D eigenvalue weighted by Crippen LogP contribution is -2.53. The molecule has 2 aliphatic rings. The monoisotopic (exact) mass is 625 g/mol. The molecule has 5 aromatic rings. The Hall–Kier alpha value is -4.80. The first-order valence-corrected chi connectivity index (χ1v) is 15.1. The number of carbonyl (C=O) groups excluding carboxylic acids is 3. The second-order valence-electron chi connectivity index (χ2n) is 10.7. The van der Waals surface area contributed by atoms with Crippen LogP contribution in [0.25, 0.3) is 11.0 Å². The molecule has 0 N–H and O–H groups in total. The number of rotatable bonds is 5. The highest BCUT2D eigenvalue weighted by Crippen LogP contribution is 2.55. The number of aryl methyl sites for hydroxylation is 2. The number of carbonyl (C=O) groups is 3. The number of anilines is 2. The number of nitrogens with zero attached hydrogens (tertiary/aromatic N) is 3. The summed E-state index contributed by atoms with van der Waals surface area (Å²) >= 11 is 7.19. The number of thiazole rings is 1. The van der Waals surface area contributed by atoms with Gasteiger partial charge in [-0.25, -0.2) is 9.78 Å². The van der Waals surface area contributed by atoms with Crippen LogP contribution < -0.4 is 15.2 Å². The van der Waals surface area contributed by atoms with E-state index in [1.54, 1.807) is 49.1 Å². The number of para-hydroxylation sites is 1. The summed E-state index contributed by atoms with van der Waals surface area (Å²) in [5, 5.41) is 0.493. The molecule has 0 radical (unpaired) electrons. The third kappa shape index (κ3) is 3.87. The number of hydrogen-bond donors (Lipinski definition) is 0. The van der Waals surface area contributed by atoms with Crippen molar-refractivity contribution in [2.75, 3.05) is 16.4 Å². The largest absolute Gasteiger partial charge is 0.462 e. The summed E-state index contributed by atoms with van der Waals surface area (Å²) in [6.45, 7) is 5.63. The number of fused-ring (bicyclic) bond motifs is 5. The number of aromatic nitrogens is 1. The lowest BCUT2D eigenvalue weighted by molar-refractivity contribution is -0.121. The van der Waals surface area contributed by atoms with Gasteiger partial charge >= 0.3 is 5.97 Å². The molecule has 0 saturated carbocycles. The molecule has 7 rings (SSSR count). The van der Waals surface area contributed by atoms with Crippen LogP contribution in [0.5, 0.6) is 0 Å². The van der Waals surface area contributed by atoms with Crippen LogP contribution >= 0.6 is 22.9 Å². The average molecular weight is 626 g/mol. The molecule has 0 fully saturated rings. The van der Waals surface area contributed by atoms with Crippen LogP contribution in [0, 0.1) is 13.8 Å². The molecule has 220 valence electrons. The lowest BCUT2D eigenvalue weighted by atomic mass is 9.84. The molecular formula is C33H24ClN3O6S. The molecule has 1 spiro atoms. The van der Waals surface area contributed by atoms with E-state index in [1.807, 2.05) is 31.2 Å². The van der Waals surface area contributed by atoms with E-state index in [9.17, 15) is 14.4 Å². The number of hydrogen-bond acceptors (Lipinski definition) is 8. The zero-order valence-corrected chi connectivity index (χ0v) is 25.4. The normalized spacial score (nSPS) is 17.1. The van der Waals surface area contributed by atoms with Gasteiger partial charge in [-0.1, -0.05) is 71.0 Å². The predicted molar refractivity (Wildman–Crippen MR) is 167 cm³/mol. The second-order valence-corrected chi connectivity index (χ2v) is 12.1. The van der Waals surface area contributed by atoms with Crippen LogP contribution in [0.2, 0.25) is 5.02 Å². The van der Waals surface area contributed by atoms with Crippen LogP contribution in [0.3, 0.4) is 0 Å². The van der Waals surface area contributed by atoms with Gasteiger partial charge in [0.25, 0.3) is 11.8 Å². The van der Waals surface area contributed by atoms with Crippen molar-refractivity contribution in [2.24, 2.45) is 0 Å². The van der Waals surface area contributed by atoms with Gasteiger partial charge < -0.3 is 14.1 Å². The molecular weight excluding hydrogens is 602 g/mol. The number of esters is 1. The van der Waals surface area contributed by atoms with Crippen molar-refractivity contribution >= 4 is 62.5 Å². The molecule has 2 aliphatic heterocycles. The average Bonchev–Trinajstić information content (AvgIpc) is 3.59. The smallest absolute Gasteiger partial charge is 0.350 e. The van der Waals surface area contributed by atoms with Crippen molar-refractivity contribution in [2.45, 2.75) is 32.9 Å².